The van der Waals surface area contributed by atoms with Crippen LogP contribution in [-0.2, 0) is 11.2 Å². The number of likely N-dealkylation sites (tertiary alicyclic amines) is 1. The SMILES string of the molecule is COc1c(C(=O)N2CCC(N3C(=O)OC4Cc5ccccc5C43)CC2)csc1Cl. The van der Waals surface area contributed by atoms with Crippen LogP contribution in [0.3, 0.4) is 0 Å². The fourth-order valence-corrected chi connectivity index (χ4v) is 5.87. The Kier molecular flexibility index (Phi) is 4.67. The second-order valence-electron chi connectivity index (χ2n) is 7.66. The summed E-state index contributed by atoms with van der Waals surface area (Å²) in [4.78, 5) is 29.3. The predicted octanol–water partition coefficient (Wildman–Crippen LogP) is 4.13. The summed E-state index contributed by atoms with van der Waals surface area (Å²) in [6.45, 7) is 1.17. The monoisotopic (exact) mass is 432 g/mol. The summed E-state index contributed by atoms with van der Waals surface area (Å²) >= 11 is 7.41. The quantitative estimate of drug-likeness (QED) is 0.731. The molecule has 3 aliphatic rings. The van der Waals surface area contributed by atoms with Gasteiger partial charge in [0.15, 0.2) is 5.75 Å². The summed E-state index contributed by atoms with van der Waals surface area (Å²) in [5.41, 5.74) is 2.96. The lowest BCUT2D eigenvalue weighted by molar-refractivity contribution is 0.0633. The van der Waals surface area contributed by atoms with Crippen molar-refractivity contribution in [3.8, 4) is 5.75 Å². The van der Waals surface area contributed by atoms with Gasteiger partial charge in [0.2, 0.25) is 0 Å². The van der Waals surface area contributed by atoms with Crippen molar-refractivity contribution in [3.05, 3.63) is 50.7 Å². The third kappa shape index (κ3) is 2.99. The van der Waals surface area contributed by atoms with Crippen molar-refractivity contribution < 1.29 is 19.1 Å². The maximum Gasteiger partial charge on any atom is 0.411 e. The number of rotatable bonds is 3. The smallest absolute Gasteiger partial charge is 0.411 e. The van der Waals surface area contributed by atoms with E-state index in [9.17, 15) is 9.59 Å². The maximum atomic E-state index is 12.9. The van der Waals surface area contributed by atoms with E-state index < -0.39 is 0 Å². The molecule has 0 saturated carbocycles. The van der Waals surface area contributed by atoms with Gasteiger partial charge in [-0.05, 0) is 24.0 Å². The highest BCUT2D eigenvalue weighted by atomic mass is 35.5. The van der Waals surface area contributed by atoms with E-state index in [1.165, 1.54) is 29.6 Å². The summed E-state index contributed by atoms with van der Waals surface area (Å²) in [7, 11) is 1.52. The van der Waals surface area contributed by atoms with Crippen LogP contribution in [0.5, 0.6) is 5.75 Å². The van der Waals surface area contributed by atoms with E-state index in [-0.39, 0.29) is 30.2 Å². The molecule has 0 bridgehead atoms. The fraction of sp³-hybridized carbons (Fsp3) is 0.429. The molecule has 2 aliphatic heterocycles. The van der Waals surface area contributed by atoms with Gasteiger partial charge in [0.05, 0.1) is 18.7 Å². The van der Waals surface area contributed by atoms with Gasteiger partial charge < -0.3 is 14.4 Å². The van der Waals surface area contributed by atoms with E-state index in [1.807, 2.05) is 21.9 Å². The average Bonchev–Trinajstić information content (AvgIpc) is 3.38. The van der Waals surface area contributed by atoms with Crippen LogP contribution < -0.4 is 4.74 Å². The number of hydrogen-bond donors (Lipinski definition) is 0. The maximum absolute atomic E-state index is 12.9. The van der Waals surface area contributed by atoms with Crippen molar-refractivity contribution >= 4 is 34.9 Å². The van der Waals surface area contributed by atoms with Gasteiger partial charge in [-0.3, -0.25) is 9.69 Å². The van der Waals surface area contributed by atoms with Crippen molar-refractivity contribution in [3.63, 3.8) is 0 Å². The van der Waals surface area contributed by atoms with E-state index in [4.69, 9.17) is 21.1 Å². The number of halogens is 1. The molecule has 5 rings (SSSR count). The first-order chi connectivity index (χ1) is 14.1. The van der Waals surface area contributed by atoms with Crippen LogP contribution in [0.25, 0.3) is 0 Å². The van der Waals surface area contributed by atoms with Crippen LogP contribution in [0, 0.1) is 0 Å². The predicted molar refractivity (Wildman–Crippen MR) is 110 cm³/mol. The topological polar surface area (TPSA) is 59.1 Å². The average molecular weight is 433 g/mol. The summed E-state index contributed by atoms with van der Waals surface area (Å²) in [6.07, 6.45) is 1.90. The van der Waals surface area contributed by atoms with Crippen molar-refractivity contribution in [2.75, 3.05) is 20.2 Å². The van der Waals surface area contributed by atoms with Gasteiger partial charge in [0.25, 0.3) is 5.91 Å². The normalized spacial score (nSPS) is 23.7. The van der Waals surface area contributed by atoms with Crippen LogP contribution in [0.4, 0.5) is 4.79 Å². The Hall–Kier alpha value is -2.25. The number of amides is 2. The molecule has 0 spiro atoms. The molecule has 0 radical (unpaired) electrons. The van der Waals surface area contributed by atoms with Gasteiger partial charge in [0.1, 0.15) is 10.4 Å². The van der Waals surface area contributed by atoms with Gasteiger partial charge >= 0.3 is 6.09 Å². The molecule has 6 nitrogen and oxygen atoms in total. The molecule has 2 atom stereocenters. The molecule has 29 heavy (non-hydrogen) atoms. The number of carbonyl (C=O) groups excluding carboxylic acids is 2. The van der Waals surface area contributed by atoms with Crippen molar-refractivity contribution in [2.24, 2.45) is 0 Å². The van der Waals surface area contributed by atoms with E-state index in [0.717, 1.165) is 19.3 Å². The number of ether oxygens (including phenoxy) is 2. The Balaban J connectivity index is 1.31. The van der Waals surface area contributed by atoms with Gasteiger partial charge in [-0.15, -0.1) is 11.3 Å². The van der Waals surface area contributed by atoms with E-state index in [1.54, 1.807) is 5.38 Å². The Morgan fingerprint density at radius 1 is 1.28 bits per heavy atom. The second-order valence-corrected chi connectivity index (χ2v) is 9.14. The molecule has 1 aliphatic carbocycles. The van der Waals surface area contributed by atoms with E-state index in [0.29, 0.717) is 28.7 Å². The zero-order valence-corrected chi connectivity index (χ0v) is 17.5. The summed E-state index contributed by atoms with van der Waals surface area (Å²) in [6, 6.07) is 8.31. The van der Waals surface area contributed by atoms with Crippen LogP contribution >= 0.6 is 22.9 Å². The summed E-state index contributed by atoms with van der Waals surface area (Å²) in [5.74, 6) is 0.369. The highest BCUT2D eigenvalue weighted by Crippen LogP contribution is 2.45. The molecule has 152 valence electrons. The minimum Gasteiger partial charge on any atom is -0.493 e. The van der Waals surface area contributed by atoms with Crippen molar-refractivity contribution in [1.82, 2.24) is 9.80 Å². The molecule has 2 fully saturated rings. The third-order valence-corrected chi connectivity index (χ3v) is 7.38. The standard InChI is InChI=1S/C21H21ClN2O4S/c1-27-18-15(11-29-19(18)22)20(25)23-8-6-13(7-9-23)24-17-14-5-3-2-4-12(14)10-16(17)28-21(24)26/h2-5,11,13,16-17H,6-10H2,1H3. The van der Waals surface area contributed by atoms with Crippen LogP contribution in [0.15, 0.2) is 29.6 Å². The first-order valence-electron chi connectivity index (χ1n) is 9.75. The van der Waals surface area contributed by atoms with E-state index in [2.05, 4.69) is 12.1 Å². The molecule has 2 amide bonds. The Morgan fingerprint density at radius 3 is 2.79 bits per heavy atom. The van der Waals surface area contributed by atoms with Crippen LogP contribution in [-0.4, -0.2) is 54.1 Å². The molecular weight excluding hydrogens is 412 g/mol. The molecule has 2 aromatic rings. The molecular formula is C21H21ClN2O4S. The number of methoxy groups -OCH3 is 1. The second kappa shape index (κ2) is 7.22. The minimum atomic E-state index is -0.231. The number of carbonyl (C=O) groups is 2. The first kappa shape index (κ1) is 18.8. The first-order valence-corrected chi connectivity index (χ1v) is 11.0. The Labute approximate surface area is 177 Å². The molecule has 2 unspecified atom stereocenters. The lowest BCUT2D eigenvalue weighted by Crippen LogP contribution is -2.47. The zero-order chi connectivity index (χ0) is 20.1. The summed E-state index contributed by atoms with van der Waals surface area (Å²) < 4.78 is 11.5. The fourth-order valence-electron chi connectivity index (χ4n) is 4.83. The molecule has 1 aromatic carbocycles. The minimum absolute atomic E-state index is 0.0123. The van der Waals surface area contributed by atoms with E-state index >= 15 is 0 Å². The van der Waals surface area contributed by atoms with Gasteiger partial charge in [-0.1, -0.05) is 35.9 Å². The zero-order valence-electron chi connectivity index (χ0n) is 16.0. The number of fused-ring (bicyclic) bond motifs is 3. The summed E-state index contributed by atoms with van der Waals surface area (Å²) in [5, 5.41) is 1.74. The third-order valence-electron chi connectivity index (χ3n) is 6.19. The Morgan fingerprint density at radius 2 is 2.03 bits per heavy atom. The molecule has 2 saturated heterocycles. The van der Waals surface area contributed by atoms with Gasteiger partial charge in [-0.25, -0.2) is 4.79 Å². The van der Waals surface area contributed by atoms with Gasteiger partial charge in [-0.2, -0.15) is 0 Å². The Bertz CT molecular complexity index is 969. The number of benzene rings is 1. The highest BCUT2D eigenvalue weighted by molar-refractivity contribution is 7.15. The lowest BCUT2D eigenvalue weighted by atomic mass is 9.99. The van der Waals surface area contributed by atoms with Gasteiger partial charge in [0, 0.05) is 30.9 Å². The molecule has 0 N–H and O–H groups in total. The number of piperidine rings is 1. The van der Waals surface area contributed by atoms with Crippen molar-refractivity contribution in [1.29, 1.82) is 0 Å². The molecule has 1 aromatic heterocycles. The molecule has 3 heterocycles. The largest absolute Gasteiger partial charge is 0.493 e. The highest BCUT2D eigenvalue weighted by Gasteiger charge is 2.50. The lowest BCUT2D eigenvalue weighted by Gasteiger charge is -2.37. The van der Waals surface area contributed by atoms with Crippen LogP contribution in [0.1, 0.15) is 40.4 Å². The number of hydrogen-bond acceptors (Lipinski definition) is 5. The van der Waals surface area contributed by atoms with Crippen LogP contribution in [0.2, 0.25) is 4.34 Å². The number of nitrogens with zero attached hydrogens (tertiary/aromatic N) is 2. The number of thiophene rings is 1. The molecule has 8 heteroatoms. The van der Waals surface area contributed by atoms with Crippen molar-refractivity contribution in [2.45, 2.75) is 37.5 Å².